The van der Waals surface area contributed by atoms with Gasteiger partial charge in [-0.05, 0) is 55.3 Å². The summed E-state index contributed by atoms with van der Waals surface area (Å²) in [6.45, 7) is 5.53. The molecule has 0 saturated heterocycles. The van der Waals surface area contributed by atoms with E-state index in [1.165, 1.54) is 23.5 Å². The van der Waals surface area contributed by atoms with Crippen LogP contribution in [0.4, 0.5) is 13.2 Å². The second-order valence-electron chi connectivity index (χ2n) is 8.00. The molecular weight excluding hydrogens is 439 g/mol. The molecule has 168 valence electrons. The van der Waals surface area contributed by atoms with Gasteiger partial charge in [-0.2, -0.15) is 13.2 Å². The van der Waals surface area contributed by atoms with E-state index in [4.69, 9.17) is 0 Å². The van der Waals surface area contributed by atoms with E-state index in [0.29, 0.717) is 16.9 Å². The summed E-state index contributed by atoms with van der Waals surface area (Å²) in [5.41, 5.74) is 1.66. The third kappa shape index (κ3) is 3.98. The van der Waals surface area contributed by atoms with Crippen LogP contribution < -0.4 is 5.32 Å². The Kier molecular flexibility index (Phi) is 5.72. The number of nitrogens with zero attached hydrogens (tertiary/aromatic N) is 2. The first kappa shape index (κ1) is 22.3. The van der Waals surface area contributed by atoms with Crippen molar-refractivity contribution in [2.24, 2.45) is 5.92 Å². The lowest BCUT2D eigenvalue weighted by Gasteiger charge is -2.19. The van der Waals surface area contributed by atoms with Crippen molar-refractivity contribution in [3.05, 3.63) is 58.6 Å². The molecule has 32 heavy (non-hydrogen) atoms. The standard InChI is InChI=1S/C23H22F3N3O2S/c1-12(2)18(11-30)28-22(31)14-4-9-19-17(10-14)20-21(27-13(3)32-20)29(19)16-7-5-15(6-8-16)23(24,25)26/h4-10,12,18,30H,11H2,1-3H3,(H,28,31)/t18-/m0/s1. The number of aromatic nitrogens is 2. The molecule has 0 aliphatic rings. The van der Waals surface area contributed by atoms with Crippen LogP contribution >= 0.6 is 11.3 Å². The second-order valence-corrected chi connectivity index (χ2v) is 9.21. The molecule has 0 radical (unpaired) electrons. The zero-order chi connectivity index (χ0) is 23.2. The molecule has 2 N–H and O–H groups in total. The van der Waals surface area contributed by atoms with Gasteiger partial charge in [0, 0.05) is 16.6 Å². The number of rotatable bonds is 5. The van der Waals surface area contributed by atoms with Gasteiger partial charge in [0.1, 0.15) is 0 Å². The Hall–Kier alpha value is -2.91. The molecule has 4 rings (SSSR count). The number of aliphatic hydroxyl groups excluding tert-OH is 1. The summed E-state index contributed by atoms with van der Waals surface area (Å²) in [5.74, 6) is -0.222. The van der Waals surface area contributed by atoms with Crippen molar-refractivity contribution < 1.29 is 23.1 Å². The number of carbonyl (C=O) groups is 1. The molecule has 9 heteroatoms. The molecule has 0 fully saturated rings. The van der Waals surface area contributed by atoms with Crippen LogP contribution in [0.15, 0.2) is 42.5 Å². The Balaban J connectivity index is 1.82. The lowest BCUT2D eigenvalue weighted by Crippen LogP contribution is -2.41. The lowest BCUT2D eigenvalue weighted by atomic mass is 10.0. The molecule has 0 saturated carbocycles. The zero-order valence-electron chi connectivity index (χ0n) is 17.7. The quantitative estimate of drug-likeness (QED) is 0.423. The predicted molar refractivity (Wildman–Crippen MR) is 119 cm³/mol. The van der Waals surface area contributed by atoms with Crippen LogP contribution in [-0.2, 0) is 6.18 Å². The molecular formula is C23H22F3N3O2S. The van der Waals surface area contributed by atoms with Crippen molar-refractivity contribution in [2.45, 2.75) is 33.0 Å². The molecule has 5 nitrogen and oxygen atoms in total. The lowest BCUT2D eigenvalue weighted by molar-refractivity contribution is -0.137. The van der Waals surface area contributed by atoms with Gasteiger partial charge in [-0.15, -0.1) is 11.3 Å². The van der Waals surface area contributed by atoms with E-state index < -0.39 is 11.7 Å². The largest absolute Gasteiger partial charge is 0.416 e. The normalized spacial score (nSPS) is 13.2. The second kappa shape index (κ2) is 8.22. The van der Waals surface area contributed by atoms with Crippen LogP contribution in [-0.4, -0.2) is 33.2 Å². The Labute approximate surface area is 186 Å². The minimum atomic E-state index is -4.41. The van der Waals surface area contributed by atoms with Gasteiger partial charge in [0.2, 0.25) is 0 Å². The number of thiazole rings is 1. The molecule has 2 aromatic carbocycles. The summed E-state index contributed by atoms with van der Waals surface area (Å²) >= 11 is 1.46. The Morgan fingerprint density at radius 1 is 1.19 bits per heavy atom. The van der Waals surface area contributed by atoms with Crippen molar-refractivity contribution in [2.75, 3.05) is 6.61 Å². The number of alkyl halides is 3. The maximum absolute atomic E-state index is 13.0. The number of fused-ring (bicyclic) bond motifs is 3. The SMILES string of the molecule is Cc1nc2c(s1)c1cc(C(=O)N[C@@H](CO)C(C)C)ccc1n2-c1ccc(C(F)(F)F)cc1. The number of benzene rings is 2. The average molecular weight is 462 g/mol. The van der Waals surface area contributed by atoms with Gasteiger partial charge in [0.05, 0.1) is 33.4 Å². The molecule has 4 aromatic rings. The Morgan fingerprint density at radius 3 is 2.47 bits per heavy atom. The van der Waals surface area contributed by atoms with E-state index in [1.54, 1.807) is 22.8 Å². The van der Waals surface area contributed by atoms with E-state index >= 15 is 0 Å². The Morgan fingerprint density at radius 2 is 1.88 bits per heavy atom. The van der Waals surface area contributed by atoms with Crippen LogP contribution in [0, 0.1) is 12.8 Å². The third-order valence-corrected chi connectivity index (χ3v) is 6.44. The molecule has 2 heterocycles. The fourth-order valence-corrected chi connectivity index (χ4v) is 4.58. The maximum atomic E-state index is 13.0. The van der Waals surface area contributed by atoms with Crippen molar-refractivity contribution in [1.82, 2.24) is 14.9 Å². The summed E-state index contributed by atoms with van der Waals surface area (Å²) in [6.07, 6.45) is -4.41. The highest BCUT2D eigenvalue weighted by molar-refractivity contribution is 7.19. The van der Waals surface area contributed by atoms with Crippen LogP contribution in [0.5, 0.6) is 0 Å². The molecule has 0 spiro atoms. The summed E-state index contributed by atoms with van der Waals surface area (Å²) in [6, 6.07) is 9.79. The van der Waals surface area contributed by atoms with Crippen LogP contribution in [0.1, 0.15) is 34.8 Å². The fraction of sp³-hybridized carbons (Fsp3) is 0.304. The first-order valence-electron chi connectivity index (χ1n) is 10.1. The third-order valence-electron chi connectivity index (χ3n) is 5.44. The van der Waals surface area contributed by atoms with E-state index in [-0.39, 0.29) is 24.5 Å². The number of aryl methyl sites for hydroxylation is 1. The minimum absolute atomic E-state index is 0.0734. The topological polar surface area (TPSA) is 67.2 Å². The first-order valence-corrected chi connectivity index (χ1v) is 10.9. The number of aliphatic hydroxyl groups is 1. The molecule has 1 amide bonds. The maximum Gasteiger partial charge on any atom is 0.416 e. The van der Waals surface area contributed by atoms with Gasteiger partial charge >= 0.3 is 6.18 Å². The smallest absolute Gasteiger partial charge is 0.394 e. The molecule has 0 aliphatic carbocycles. The van der Waals surface area contributed by atoms with Crippen molar-refractivity contribution in [1.29, 1.82) is 0 Å². The highest BCUT2D eigenvalue weighted by Crippen LogP contribution is 2.37. The summed E-state index contributed by atoms with van der Waals surface area (Å²) < 4.78 is 41.6. The molecule has 1 atom stereocenters. The average Bonchev–Trinajstić information content (AvgIpc) is 3.25. The van der Waals surface area contributed by atoms with Gasteiger partial charge < -0.3 is 10.4 Å². The highest BCUT2D eigenvalue weighted by atomic mass is 32.1. The molecule has 2 aromatic heterocycles. The summed E-state index contributed by atoms with van der Waals surface area (Å²) in [5, 5.41) is 14.0. The number of nitrogens with one attached hydrogen (secondary N) is 1. The highest BCUT2D eigenvalue weighted by Gasteiger charge is 2.30. The number of hydrogen-bond donors (Lipinski definition) is 2. The van der Waals surface area contributed by atoms with Crippen LogP contribution in [0.25, 0.3) is 26.9 Å². The minimum Gasteiger partial charge on any atom is -0.394 e. The van der Waals surface area contributed by atoms with Gasteiger partial charge in [-0.25, -0.2) is 4.98 Å². The number of carbonyl (C=O) groups excluding carboxylic acids is 1. The zero-order valence-corrected chi connectivity index (χ0v) is 18.5. The number of hydrogen-bond acceptors (Lipinski definition) is 4. The van der Waals surface area contributed by atoms with Gasteiger partial charge in [0.15, 0.2) is 5.65 Å². The monoisotopic (exact) mass is 461 g/mol. The number of halogens is 3. The van der Waals surface area contributed by atoms with E-state index in [1.807, 2.05) is 20.8 Å². The van der Waals surface area contributed by atoms with Crippen molar-refractivity contribution in [3.63, 3.8) is 0 Å². The first-order chi connectivity index (χ1) is 15.1. The van der Waals surface area contributed by atoms with Crippen molar-refractivity contribution in [3.8, 4) is 5.69 Å². The van der Waals surface area contributed by atoms with E-state index in [0.717, 1.165) is 32.7 Å². The van der Waals surface area contributed by atoms with Gasteiger partial charge in [-0.1, -0.05) is 13.8 Å². The summed E-state index contributed by atoms with van der Waals surface area (Å²) in [7, 11) is 0. The predicted octanol–water partition coefficient (Wildman–Crippen LogP) is 5.31. The van der Waals surface area contributed by atoms with Gasteiger partial charge in [-0.3, -0.25) is 9.36 Å². The number of amides is 1. The van der Waals surface area contributed by atoms with E-state index in [9.17, 15) is 23.1 Å². The van der Waals surface area contributed by atoms with E-state index in [2.05, 4.69) is 10.3 Å². The fourth-order valence-electron chi connectivity index (χ4n) is 3.65. The van der Waals surface area contributed by atoms with Crippen LogP contribution in [0.3, 0.4) is 0 Å². The Bertz CT molecular complexity index is 1290. The molecule has 0 unspecified atom stereocenters. The summed E-state index contributed by atoms with van der Waals surface area (Å²) in [4.78, 5) is 17.3. The van der Waals surface area contributed by atoms with Crippen LogP contribution in [0.2, 0.25) is 0 Å². The molecule has 0 aliphatic heterocycles. The molecule has 0 bridgehead atoms. The van der Waals surface area contributed by atoms with Gasteiger partial charge in [0.25, 0.3) is 5.91 Å². The van der Waals surface area contributed by atoms with Crippen molar-refractivity contribution >= 4 is 38.5 Å².